The average molecular weight is 252 g/mol. The highest BCUT2D eigenvalue weighted by Gasteiger charge is 2.39. The maximum absolute atomic E-state index is 3.47. The molecule has 2 fully saturated rings. The predicted octanol–water partition coefficient (Wildman–Crippen LogP) is 3.13. The van der Waals surface area contributed by atoms with Gasteiger partial charge in [0.15, 0.2) is 0 Å². The Morgan fingerprint density at radius 3 is 2.61 bits per heavy atom. The number of likely N-dealkylation sites (tertiary alicyclic amines) is 1. The third kappa shape index (κ3) is 3.48. The Labute approximate surface area is 114 Å². The fourth-order valence-electron chi connectivity index (χ4n) is 4.34. The highest BCUT2D eigenvalue weighted by Crippen LogP contribution is 2.41. The van der Waals surface area contributed by atoms with Gasteiger partial charge in [-0.15, -0.1) is 0 Å². The quantitative estimate of drug-likeness (QED) is 0.827. The molecule has 1 N–H and O–H groups in total. The lowest BCUT2D eigenvalue weighted by atomic mass is 9.69. The van der Waals surface area contributed by atoms with Crippen molar-refractivity contribution in [1.82, 2.24) is 10.2 Å². The standard InChI is InChI=1S/C16H32N2/c1-14-6-5-7-16(10-14,11-17-4)13-18-9-8-15(2,3)12-18/h14,17H,5-13H2,1-4H3. The van der Waals surface area contributed by atoms with E-state index in [-0.39, 0.29) is 0 Å². The zero-order chi connectivity index (χ0) is 13.2. The highest BCUT2D eigenvalue weighted by atomic mass is 15.2. The Bertz CT molecular complexity index is 270. The molecule has 0 amide bonds. The summed E-state index contributed by atoms with van der Waals surface area (Å²) >= 11 is 0. The molecule has 2 heteroatoms. The first kappa shape index (κ1) is 14.3. The zero-order valence-corrected chi connectivity index (χ0v) is 12.9. The van der Waals surface area contributed by atoms with Crippen molar-refractivity contribution in [1.29, 1.82) is 0 Å². The van der Waals surface area contributed by atoms with Gasteiger partial charge in [-0.05, 0) is 49.6 Å². The summed E-state index contributed by atoms with van der Waals surface area (Å²) in [4.78, 5) is 2.73. The molecule has 2 unspecified atom stereocenters. The van der Waals surface area contributed by atoms with E-state index in [4.69, 9.17) is 0 Å². The third-order valence-corrected chi connectivity index (χ3v) is 5.05. The van der Waals surface area contributed by atoms with Gasteiger partial charge in [-0.3, -0.25) is 0 Å². The molecule has 1 saturated carbocycles. The van der Waals surface area contributed by atoms with E-state index in [1.165, 1.54) is 58.3 Å². The summed E-state index contributed by atoms with van der Waals surface area (Å²) in [5, 5.41) is 3.47. The van der Waals surface area contributed by atoms with Crippen LogP contribution in [0.3, 0.4) is 0 Å². The molecule has 0 aromatic carbocycles. The zero-order valence-electron chi connectivity index (χ0n) is 12.9. The maximum atomic E-state index is 3.47. The fourth-order valence-corrected chi connectivity index (χ4v) is 4.34. The number of rotatable bonds is 4. The molecule has 0 aromatic rings. The fraction of sp³-hybridized carbons (Fsp3) is 1.00. The Morgan fingerprint density at radius 2 is 2.06 bits per heavy atom. The van der Waals surface area contributed by atoms with Crippen molar-refractivity contribution >= 4 is 0 Å². The van der Waals surface area contributed by atoms with Crippen molar-refractivity contribution in [3.63, 3.8) is 0 Å². The molecular formula is C16H32N2. The number of hydrogen-bond acceptors (Lipinski definition) is 2. The largest absolute Gasteiger partial charge is 0.319 e. The summed E-state index contributed by atoms with van der Waals surface area (Å²) in [7, 11) is 2.12. The van der Waals surface area contributed by atoms with Crippen LogP contribution in [-0.4, -0.2) is 38.1 Å². The van der Waals surface area contributed by atoms with Gasteiger partial charge in [0.25, 0.3) is 0 Å². The Morgan fingerprint density at radius 1 is 1.28 bits per heavy atom. The second kappa shape index (κ2) is 5.50. The Hall–Kier alpha value is -0.0800. The molecule has 0 aromatic heterocycles. The van der Waals surface area contributed by atoms with Gasteiger partial charge in [0.2, 0.25) is 0 Å². The van der Waals surface area contributed by atoms with Crippen LogP contribution in [0.1, 0.15) is 52.9 Å². The lowest BCUT2D eigenvalue weighted by Gasteiger charge is -2.43. The normalized spacial score (nSPS) is 37.0. The molecular weight excluding hydrogens is 220 g/mol. The SMILES string of the molecule is CNCC1(CN2CCC(C)(C)C2)CCCC(C)C1. The van der Waals surface area contributed by atoms with E-state index in [0.717, 1.165) is 5.92 Å². The molecule has 0 spiro atoms. The topological polar surface area (TPSA) is 15.3 Å². The van der Waals surface area contributed by atoms with Crippen LogP contribution in [0.4, 0.5) is 0 Å². The van der Waals surface area contributed by atoms with Crippen molar-refractivity contribution in [2.45, 2.75) is 52.9 Å². The molecule has 18 heavy (non-hydrogen) atoms. The van der Waals surface area contributed by atoms with Crippen molar-refractivity contribution in [2.75, 3.05) is 33.2 Å². The molecule has 106 valence electrons. The van der Waals surface area contributed by atoms with Crippen molar-refractivity contribution in [3.8, 4) is 0 Å². The van der Waals surface area contributed by atoms with E-state index in [9.17, 15) is 0 Å². The molecule has 2 nitrogen and oxygen atoms in total. The number of nitrogens with one attached hydrogen (secondary N) is 1. The van der Waals surface area contributed by atoms with Crippen molar-refractivity contribution < 1.29 is 0 Å². The van der Waals surface area contributed by atoms with Crippen LogP contribution in [0.2, 0.25) is 0 Å². The number of hydrogen-bond donors (Lipinski definition) is 1. The van der Waals surface area contributed by atoms with E-state index in [0.29, 0.717) is 10.8 Å². The maximum Gasteiger partial charge on any atom is 0.00505 e. The summed E-state index contributed by atoms with van der Waals surface area (Å²) < 4.78 is 0. The first-order valence-corrected chi connectivity index (χ1v) is 7.82. The monoisotopic (exact) mass is 252 g/mol. The first-order chi connectivity index (χ1) is 8.45. The summed E-state index contributed by atoms with van der Waals surface area (Å²) in [6.07, 6.45) is 7.09. The van der Waals surface area contributed by atoms with Crippen molar-refractivity contribution in [3.05, 3.63) is 0 Å². The van der Waals surface area contributed by atoms with Crippen LogP contribution in [0.5, 0.6) is 0 Å². The van der Waals surface area contributed by atoms with Gasteiger partial charge in [-0.25, -0.2) is 0 Å². The van der Waals surface area contributed by atoms with E-state index < -0.39 is 0 Å². The summed E-state index contributed by atoms with van der Waals surface area (Å²) in [6, 6.07) is 0. The number of nitrogens with zero attached hydrogens (tertiary/aromatic N) is 1. The van der Waals surface area contributed by atoms with Gasteiger partial charge in [-0.1, -0.05) is 33.6 Å². The van der Waals surface area contributed by atoms with E-state index in [2.05, 4.69) is 38.0 Å². The van der Waals surface area contributed by atoms with Crippen LogP contribution in [0.25, 0.3) is 0 Å². The minimum absolute atomic E-state index is 0.543. The molecule has 2 atom stereocenters. The molecule has 1 heterocycles. The smallest absolute Gasteiger partial charge is 0.00505 e. The predicted molar refractivity (Wildman–Crippen MR) is 78.8 cm³/mol. The van der Waals surface area contributed by atoms with Gasteiger partial charge in [0, 0.05) is 19.6 Å². The van der Waals surface area contributed by atoms with E-state index in [1.54, 1.807) is 0 Å². The van der Waals surface area contributed by atoms with Gasteiger partial charge in [0.05, 0.1) is 0 Å². The van der Waals surface area contributed by atoms with Gasteiger partial charge in [0.1, 0.15) is 0 Å². The minimum atomic E-state index is 0.543. The highest BCUT2D eigenvalue weighted by molar-refractivity contribution is 4.92. The summed E-state index contributed by atoms with van der Waals surface area (Å²) in [6.45, 7) is 12.4. The van der Waals surface area contributed by atoms with Gasteiger partial charge >= 0.3 is 0 Å². The van der Waals surface area contributed by atoms with Gasteiger partial charge in [-0.2, -0.15) is 0 Å². The van der Waals surface area contributed by atoms with Crippen LogP contribution in [0, 0.1) is 16.7 Å². The minimum Gasteiger partial charge on any atom is -0.319 e. The summed E-state index contributed by atoms with van der Waals surface area (Å²) in [5.41, 5.74) is 1.09. The molecule has 2 aliphatic rings. The van der Waals surface area contributed by atoms with E-state index >= 15 is 0 Å². The second-order valence-corrected chi connectivity index (χ2v) is 7.86. The van der Waals surface area contributed by atoms with E-state index in [1.807, 2.05) is 0 Å². The van der Waals surface area contributed by atoms with Crippen LogP contribution >= 0.6 is 0 Å². The molecule has 1 aliphatic carbocycles. The molecule has 1 saturated heterocycles. The molecule has 0 bridgehead atoms. The molecule has 0 radical (unpaired) electrons. The first-order valence-electron chi connectivity index (χ1n) is 7.82. The van der Waals surface area contributed by atoms with Crippen molar-refractivity contribution in [2.24, 2.45) is 16.7 Å². The van der Waals surface area contributed by atoms with Crippen LogP contribution < -0.4 is 5.32 Å². The lowest BCUT2D eigenvalue weighted by molar-refractivity contribution is 0.0888. The molecule has 1 aliphatic heterocycles. The summed E-state index contributed by atoms with van der Waals surface area (Å²) in [5.74, 6) is 0.919. The van der Waals surface area contributed by atoms with Crippen LogP contribution in [-0.2, 0) is 0 Å². The third-order valence-electron chi connectivity index (χ3n) is 5.05. The Balaban J connectivity index is 1.97. The Kier molecular flexibility index (Phi) is 4.38. The van der Waals surface area contributed by atoms with Crippen LogP contribution in [0.15, 0.2) is 0 Å². The second-order valence-electron chi connectivity index (χ2n) is 7.86. The van der Waals surface area contributed by atoms with Gasteiger partial charge < -0.3 is 10.2 Å². The molecule has 2 rings (SSSR count). The lowest BCUT2D eigenvalue weighted by Crippen LogP contribution is -2.45. The average Bonchev–Trinajstić information content (AvgIpc) is 2.57.